The highest BCUT2D eigenvalue weighted by Crippen LogP contribution is 2.17. The number of rotatable bonds is 2. The van der Waals surface area contributed by atoms with Crippen LogP contribution in [-0.4, -0.2) is 43.4 Å². The molecule has 2 N–H and O–H groups in total. The van der Waals surface area contributed by atoms with Gasteiger partial charge in [0, 0.05) is 25.8 Å². The molecule has 0 saturated heterocycles. The van der Waals surface area contributed by atoms with E-state index in [0.717, 1.165) is 11.8 Å². The van der Waals surface area contributed by atoms with Gasteiger partial charge in [0.25, 0.3) is 10.1 Å². The van der Waals surface area contributed by atoms with Gasteiger partial charge in [-0.05, 0) is 23.6 Å². The normalized spacial score (nSPS) is 10.6. The number of nitrogens with one attached hydrogen (secondary N) is 1. The molecule has 1 aromatic carbocycles. The second kappa shape index (κ2) is 5.65. The summed E-state index contributed by atoms with van der Waals surface area (Å²) in [6.45, 7) is 0. The Labute approximate surface area is 105 Å². The number of aromatic nitrogens is 1. The lowest BCUT2D eigenvalue weighted by atomic mass is 10.2. The van der Waals surface area contributed by atoms with Crippen molar-refractivity contribution in [3.63, 3.8) is 0 Å². The van der Waals surface area contributed by atoms with Crippen LogP contribution in [-0.2, 0) is 14.9 Å². The van der Waals surface area contributed by atoms with Crippen molar-refractivity contribution in [3.8, 4) is 0 Å². The first kappa shape index (κ1) is 14.2. The van der Waals surface area contributed by atoms with Crippen LogP contribution >= 0.6 is 0 Å². The molecule has 0 aliphatic rings. The molecule has 2 rings (SSSR count). The monoisotopic (exact) mass is 270 g/mol. The van der Waals surface area contributed by atoms with E-state index < -0.39 is 10.1 Å². The Morgan fingerprint density at radius 2 is 1.89 bits per heavy atom. The van der Waals surface area contributed by atoms with Crippen molar-refractivity contribution in [2.45, 2.75) is 4.90 Å². The zero-order valence-electron chi connectivity index (χ0n) is 9.99. The smallest absolute Gasteiger partial charge is 0.294 e. The minimum absolute atomic E-state index is 0.0950. The average Bonchev–Trinajstić information content (AvgIpc) is 2.75. The van der Waals surface area contributed by atoms with E-state index in [4.69, 9.17) is 4.55 Å². The van der Waals surface area contributed by atoms with Gasteiger partial charge in [-0.3, -0.25) is 9.35 Å². The van der Waals surface area contributed by atoms with Crippen molar-refractivity contribution in [3.05, 3.63) is 30.5 Å². The molecule has 0 radical (unpaired) electrons. The Kier molecular flexibility index (Phi) is 4.46. The van der Waals surface area contributed by atoms with E-state index in [9.17, 15) is 13.2 Å². The van der Waals surface area contributed by atoms with E-state index in [-0.39, 0.29) is 4.90 Å². The molecule has 0 saturated carbocycles. The van der Waals surface area contributed by atoms with Crippen LogP contribution in [0.5, 0.6) is 0 Å². The zero-order valence-corrected chi connectivity index (χ0v) is 10.8. The molecule has 0 spiro atoms. The zero-order chi connectivity index (χ0) is 13.8. The topological polar surface area (TPSA) is 90.5 Å². The summed E-state index contributed by atoms with van der Waals surface area (Å²) in [6.07, 6.45) is 2.46. The largest absolute Gasteiger partial charge is 0.361 e. The van der Waals surface area contributed by atoms with Gasteiger partial charge in [-0.15, -0.1) is 0 Å². The van der Waals surface area contributed by atoms with Crippen molar-refractivity contribution >= 4 is 27.4 Å². The van der Waals surface area contributed by atoms with Crippen molar-refractivity contribution in [1.82, 2.24) is 9.88 Å². The molecule has 0 fully saturated rings. The minimum Gasteiger partial charge on any atom is -0.361 e. The van der Waals surface area contributed by atoms with Crippen LogP contribution in [0, 0.1) is 0 Å². The molecule has 98 valence electrons. The van der Waals surface area contributed by atoms with Gasteiger partial charge in [0.15, 0.2) is 0 Å². The van der Waals surface area contributed by atoms with Gasteiger partial charge in [-0.2, -0.15) is 8.42 Å². The van der Waals surface area contributed by atoms with Crippen LogP contribution in [0.4, 0.5) is 0 Å². The number of amides is 1. The molecule has 0 atom stereocenters. The van der Waals surface area contributed by atoms with Crippen LogP contribution in [0.1, 0.15) is 0 Å². The Morgan fingerprint density at radius 3 is 2.39 bits per heavy atom. The molecule has 6 nitrogen and oxygen atoms in total. The van der Waals surface area contributed by atoms with Crippen molar-refractivity contribution in [2.75, 3.05) is 14.1 Å². The number of hydrogen-bond acceptors (Lipinski definition) is 3. The average molecular weight is 270 g/mol. The third-order valence-electron chi connectivity index (χ3n) is 2.04. The van der Waals surface area contributed by atoms with Crippen molar-refractivity contribution in [2.24, 2.45) is 0 Å². The van der Waals surface area contributed by atoms with Crippen LogP contribution in [0.2, 0.25) is 0 Å². The first-order chi connectivity index (χ1) is 8.34. The van der Waals surface area contributed by atoms with E-state index >= 15 is 0 Å². The minimum atomic E-state index is -4.09. The Balaban J connectivity index is 0.000000280. The molecule has 1 aromatic heterocycles. The second-order valence-corrected chi connectivity index (χ2v) is 5.19. The predicted octanol–water partition coefficient (Wildman–Crippen LogP) is 1.12. The fourth-order valence-electron chi connectivity index (χ4n) is 1.19. The summed E-state index contributed by atoms with van der Waals surface area (Å²) in [5.74, 6) is 0. The number of H-pyrrole nitrogens is 1. The van der Waals surface area contributed by atoms with Crippen LogP contribution in [0.25, 0.3) is 10.9 Å². The van der Waals surface area contributed by atoms with Gasteiger partial charge in [0.1, 0.15) is 0 Å². The van der Waals surface area contributed by atoms with Gasteiger partial charge in [0.2, 0.25) is 6.41 Å². The van der Waals surface area contributed by atoms with Crippen LogP contribution in [0.15, 0.2) is 35.4 Å². The molecule has 0 aliphatic carbocycles. The lowest BCUT2D eigenvalue weighted by molar-refractivity contribution is -0.115. The maximum absolute atomic E-state index is 10.7. The predicted molar refractivity (Wildman–Crippen MR) is 67.9 cm³/mol. The molecule has 1 heterocycles. The highest BCUT2D eigenvalue weighted by Gasteiger charge is 2.09. The molecular weight excluding hydrogens is 256 g/mol. The molecule has 0 bridgehead atoms. The lowest BCUT2D eigenvalue weighted by Crippen LogP contribution is -2.06. The van der Waals surface area contributed by atoms with Crippen LogP contribution in [0.3, 0.4) is 0 Å². The number of aromatic amines is 1. The number of benzene rings is 1. The summed E-state index contributed by atoms with van der Waals surface area (Å²) in [6, 6.07) is 6.22. The number of nitrogens with zero attached hydrogens (tertiary/aromatic N) is 1. The Morgan fingerprint density at radius 1 is 1.28 bits per heavy atom. The number of carbonyl (C=O) groups is 1. The highest BCUT2D eigenvalue weighted by atomic mass is 32.2. The molecule has 18 heavy (non-hydrogen) atoms. The number of carbonyl (C=O) groups excluding carboxylic acids is 1. The molecule has 0 unspecified atom stereocenters. The summed E-state index contributed by atoms with van der Waals surface area (Å²) in [7, 11) is -0.717. The van der Waals surface area contributed by atoms with Gasteiger partial charge < -0.3 is 9.88 Å². The summed E-state index contributed by atoms with van der Waals surface area (Å²) in [5.41, 5.74) is 0.690. The van der Waals surface area contributed by atoms with Crippen LogP contribution < -0.4 is 0 Å². The lowest BCUT2D eigenvalue weighted by Gasteiger charge is -1.95. The number of fused-ring (bicyclic) bond motifs is 1. The van der Waals surface area contributed by atoms with E-state index in [1.54, 1.807) is 26.4 Å². The first-order valence-corrected chi connectivity index (χ1v) is 6.45. The summed E-state index contributed by atoms with van der Waals surface area (Å²) >= 11 is 0. The van der Waals surface area contributed by atoms with E-state index in [2.05, 4.69) is 4.98 Å². The Hall–Kier alpha value is -1.86. The SMILES string of the molecule is CN(C)C=O.O=S(=O)(O)c1ccc2cc[nH]c2c1. The maximum atomic E-state index is 10.7. The van der Waals surface area contributed by atoms with Gasteiger partial charge >= 0.3 is 0 Å². The maximum Gasteiger partial charge on any atom is 0.294 e. The van der Waals surface area contributed by atoms with Gasteiger partial charge in [0.05, 0.1) is 4.90 Å². The molecule has 7 heteroatoms. The highest BCUT2D eigenvalue weighted by molar-refractivity contribution is 7.85. The summed E-state index contributed by atoms with van der Waals surface area (Å²) < 4.78 is 30.2. The van der Waals surface area contributed by atoms with Crippen molar-refractivity contribution in [1.29, 1.82) is 0 Å². The number of hydrogen-bond donors (Lipinski definition) is 2. The fraction of sp³-hybridized carbons (Fsp3) is 0.182. The molecular formula is C11H14N2O4S. The summed E-state index contributed by atoms with van der Waals surface area (Å²) in [5, 5.41) is 0.910. The Bertz CT molecular complexity index is 631. The fourth-order valence-corrected chi connectivity index (χ4v) is 1.69. The summed E-state index contributed by atoms with van der Waals surface area (Å²) in [4.78, 5) is 13.6. The molecule has 0 aliphatic heterocycles. The molecule has 1 amide bonds. The standard InChI is InChI=1S/C8H7NO3S.C3H7NO/c10-13(11,12)7-2-1-6-3-4-9-8(6)5-7;1-4(2)3-5/h1-5,9H,(H,10,11,12);3H,1-2H3. The van der Waals surface area contributed by atoms with Crippen molar-refractivity contribution < 1.29 is 17.8 Å². The van der Waals surface area contributed by atoms with Gasteiger partial charge in [-0.1, -0.05) is 6.07 Å². The third kappa shape index (κ3) is 3.86. The molecule has 2 aromatic rings. The second-order valence-electron chi connectivity index (χ2n) is 3.77. The third-order valence-corrected chi connectivity index (χ3v) is 2.88. The van der Waals surface area contributed by atoms with E-state index in [0.29, 0.717) is 5.52 Å². The first-order valence-electron chi connectivity index (χ1n) is 5.01. The van der Waals surface area contributed by atoms with E-state index in [1.807, 2.05) is 6.07 Å². The van der Waals surface area contributed by atoms with Gasteiger partial charge in [-0.25, -0.2) is 0 Å². The van der Waals surface area contributed by atoms with E-state index in [1.165, 1.54) is 17.0 Å². The quantitative estimate of drug-likeness (QED) is 0.632.